The van der Waals surface area contributed by atoms with Gasteiger partial charge in [0.2, 0.25) is 0 Å². The number of nitrogens with zero attached hydrogens (tertiary/aromatic N) is 2. The van der Waals surface area contributed by atoms with Crippen molar-refractivity contribution in [1.82, 2.24) is 15.1 Å². The summed E-state index contributed by atoms with van der Waals surface area (Å²) in [7, 11) is 0. The van der Waals surface area contributed by atoms with E-state index in [0.717, 1.165) is 0 Å². The summed E-state index contributed by atoms with van der Waals surface area (Å²) < 4.78 is 6.56. The summed E-state index contributed by atoms with van der Waals surface area (Å²) in [6, 6.07) is 0. The molecule has 1 N–H and O–H groups in total. The molecule has 2 rings (SSSR count). The van der Waals surface area contributed by atoms with E-state index >= 15 is 0 Å². The van der Waals surface area contributed by atoms with Crippen LogP contribution in [0.2, 0.25) is 0 Å². The molecule has 0 bridgehead atoms. The van der Waals surface area contributed by atoms with Crippen LogP contribution in [-0.2, 0) is 17.7 Å². The molecular weight excluding hydrogens is 222 g/mol. The molecule has 0 saturated heterocycles. The van der Waals surface area contributed by atoms with Gasteiger partial charge in [-0.25, -0.2) is 4.79 Å². The molecule has 1 aromatic rings. The number of hydrogen-bond acceptors (Lipinski definition) is 4. The first-order chi connectivity index (χ1) is 8.19. The summed E-state index contributed by atoms with van der Waals surface area (Å²) in [5.41, 5.74) is 1.26. The Labute approximate surface area is 98.9 Å². The van der Waals surface area contributed by atoms with Crippen molar-refractivity contribution in [3.05, 3.63) is 17.0 Å². The van der Waals surface area contributed by atoms with Gasteiger partial charge in [-0.3, -0.25) is 9.48 Å². The average molecular weight is 237 g/mol. The van der Waals surface area contributed by atoms with Crippen molar-refractivity contribution in [2.45, 2.75) is 26.8 Å². The molecule has 1 aliphatic rings. The van der Waals surface area contributed by atoms with E-state index in [-0.39, 0.29) is 12.5 Å². The molecule has 0 radical (unpaired) electrons. The van der Waals surface area contributed by atoms with Gasteiger partial charge in [0.1, 0.15) is 11.3 Å². The predicted octanol–water partition coefficient (Wildman–Crippen LogP) is 0.366. The van der Waals surface area contributed by atoms with Crippen molar-refractivity contribution >= 4 is 11.9 Å². The van der Waals surface area contributed by atoms with Gasteiger partial charge in [0, 0.05) is 6.54 Å². The molecular formula is C11H15N3O3. The smallest absolute Gasteiger partial charge is 0.342 e. The number of carbonyl (C=O) groups is 2. The van der Waals surface area contributed by atoms with Crippen LogP contribution in [0, 0.1) is 0 Å². The number of ether oxygens (including phenoxy) is 1. The highest BCUT2D eigenvalue weighted by Crippen LogP contribution is 2.18. The first-order valence-corrected chi connectivity index (χ1v) is 5.74. The second-order valence-electron chi connectivity index (χ2n) is 3.72. The Hall–Kier alpha value is -1.85. The minimum absolute atomic E-state index is 0.258. The van der Waals surface area contributed by atoms with Crippen molar-refractivity contribution in [3.8, 4) is 0 Å². The molecule has 0 aliphatic carbocycles. The van der Waals surface area contributed by atoms with Crippen LogP contribution in [0.15, 0.2) is 0 Å². The SMILES string of the molecule is CCOC(=O)c1c(CC)nn2c1C(=O)NCC2. The fraction of sp³-hybridized carbons (Fsp3) is 0.545. The van der Waals surface area contributed by atoms with Crippen molar-refractivity contribution < 1.29 is 14.3 Å². The summed E-state index contributed by atoms with van der Waals surface area (Å²) in [6.07, 6.45) is 0.599. The maximum atomic E-state index is 11.8. The first kappa shape index (κ1) is 11.6. The molecule has 1 aromatic heterocycles. The molecule has 17 heavy (non-hydrogen) atoms. The van der Waals surface area contributed by atoms with E-state index in [9.17, 15) is 9.59 Å². The van der Waals surface area contributed by atoms with Crippen molar-refractivity contribution in [2.24, 2.45) is 0 Å². The Bertz CT molecular complexity index is 465. The van der Waals surface area contributed by atoms with Crippen molar-refractivity contribution in [2.75, 3.05) is 13.2 Å². The molecule has 0 atom stereocenters. The monoisotopic (exact) mass is 237 g/mol. The lowest BCUT2D eigenvalue weighted by atomic mass is 10.1. The number of esters is 1. The zero-order chi connectivity index (χ0) is 12.4. The maximum absolute atomic E-state index is 11.8. The van der Waals surface area contributed by atoms with E-state index in [1.807, 2.05) is 6.92 Å². The van der Waals surface area contributed by atoms with E-state index < -0.39 is 5.97 Å². The van der Waals surface area contributed by atoms with Crippen LogP contribution in [-0.4, -0.2) is 34.8 Å². The zero-order valence-electron chi connectivity index (χ0n) is 9.95. The number of nitrogens with one attached hydrogen (secondary N) is 1. The average Bonchev–Trinajstić information content (AvgIpc) is 2.69. The number of hydrogen-bond donors (Lipinski definition) is 1. The summed E-state index contributed by atoms with van der Waals surface area (Å²) >= 11 is 0. The van der Waals surface area contributed by atoms with Crippen LogP contribution in [0.1, 0.15) is 40.4 Å². The van der Waals surface area contributed by atoms with E-state index in [4.69, 9.17) is 4.74 Å². The fourth-order valence-corrected chi connectivity index (χ4v) is 1.93. The van der Waals surface area contributed by atoms with Crippen LogP contribution in [0.4, 0.5) is 0 Å². The predicted molar refractivity (Wildman–Crippen MR) is 59.9 cm³/mol. The third-order valence-electron chi connectivity index (χ3n) is 2.66. The topological polar surface area (TPSA) is 73.2 Å². The summed E-state index contributed by atoms with van der Waals surface area (Å²) in [5.74, 6) is -0.728. The summed E-state index contributed by atoms with van der Waals surface area (Å²) in [4.78, 5) is 23.6. The van der Waals surface area contributed by atoms with Crippen molar-refractivity contribution in [1.29, 1.82) is 0 Å². The van der Waals surface area contributed by atoms with E-state index in [1.54, 1.807) is 11.6 Å². The van der Waals surface area contributed by atoms with E-state index in [2.05, 4.69) is 10.4 Å². The number of carbonyl (C=O) groups excluding carboxylic acids is 2. The second-order valence-corrected chi connectivity index (χ2v) is 3.72. The highest BCUT2D eigenvalue weighted by atomic mass is 16.5. The molecule has 1 amide bonds. The highest BCUT2D eigenvalue weighted by molar-refractivity contribution is 6.05. The number of aryl methyl sites for hydroxylation is 1. The Morgan fingerprint density at radius 3 is 2.94 bits per heavy atom. The van der Waals surface area contributed by atoms with Crippen LogP contribution < -0.4 is 5.32 Å². The molecule has 6 heteroatoms. The lowest BCUT2D eigenvalue weighted by molar-refractivity contribution is 0.0520. The molecule has 0 spiro atoms. The third-order valence-corrected chi connectivity index (χ3v) is 2.66. The Balaban J connectivity index is 2.51. The van der Waals surface area contributed by atoms with Gasteiger partial charge in [-0.2, -0.15) is 5.10 Å². The molecule has 0 unspecified atom stereocenters. The Morgan fingerprint density at radius 2 is 2.29 bits per heavy atom. The minimum atomic E-state index is -0.470. The number of rotatable bonds is 3. The first-order valence-electron chi connectivity index (χ1n) is 5.74. The lowest BCUT2D eigenvalue weighted by Gasteiger charge is -2.14. The van der Waals surface area contributed by atoms with Gasteiger partial charge >= 0.3 is 5.97 Å². The molecule has 1 aliphatic heterocycles. The van der Waals surface area contributed by atoms with Gasteiger partial charge in [0.05, 0.1) is 18.8 Å². The quantitative estimate of drug-likeness (QED) is 0.771. The normalized spacial score (nSPS) is 14.1. The van der Waals surface area contributed by atoms with Crippen LogP contribution in [0.3, 0.4) is 0 Å². The standard InChI is InChI=1S/C11H15N3O3/c1-3-7-8(11(16)17-4-2)9-10(15)12-5-6-14(9)13-7/h3-6H2,1-2H3,(H,12,15). The Kier molecular flexibility index (Phi) is 3.12. The second kappa shape index (κ2) is 4.57. The van der Waals surface area contributed by atoms with Crippen molar-refractivity contribution in [3.63, 3.8) is 0 Å². The van der Waals surface area contributed by atoms with E-state index in [1.165, 1.54) is 0 Å². The number of amides is 1. The van der Waals surface area contributed by atoms with Gasteiger partial charge in [0.25, 0.3) is 5.91 Å². The van der Waals surface area contributed by atoms with Gasteiger partial charge in [-0.15, -0.1) is 0 Å². The largest absolute Gasteiger partial charge is 0.462 e. The summed E-state index contributed by atoms with van der Waals surface area (Å²) in [6.45, 7) is 5.05. The zero-order valence-corrected chi connectivity index (χ0v) is 9.95. The molecule has 0 saturated carbocycles. The number of aromatic nitrogens is 2. The Morgan fingerprint density at radius 1 is 1.53 bits per heavy atom. The molecule has 2 heterocycles. The molecule has 92 valence electrons. The molecule has 0 fully saturated rings. The van der Waals surface area contributed by atoms with Crippen LogP contribution >= 0.6 is 0 Å². The summed E-state index contributed by atoms with van der Waals surface area (Å²) in [5, 5.41) is 6.98. The van der Waals surface area contributed by atoms with Gasteiger partial charge in [-0.05, 0) is 13.3 Å². The minimum Gasteiger partial charge on any atom is -0.462 e. The fourth-order valence-electron chi connectivity index (χ4n) is 1.93. The third kappa shape index (κ3) is 1.90. The highest BCUT2D eigenvalue weighted by Gasteiger charge is 2.30. The molecule has 0 aromatic carbocycles. The van der Waals surface area contributed by atoms with Crippen LogP contribution in [0.5, 0.6) is 0 Å². The maximum Gasteiger partial charge on any atom is 0.342 e. The van der Waals surface area contributed by atoms with Gasteiger partial charge in [-0.1, -0.05) is 6.92 Å². The number of fused-ring (bicyclic) bond motifs is 1. The van der Waals surface area contributed by atoms with Gasteiger partial charge in [0.15, 0.2) is 0 Å². The van der Waals surface area contributed by atoms with Crippen LogP contribution in [0.25, 0.3) is 0 Å². The van der Waals surface area contributed by atoms with Gasteiger partial charge < -0.3 is 10.1 Å². The molecule has 6 nitrogen and oxygen atoms in total. The lowest BCUT2D eigenvalue weighted by Crippen LogP contribution is -2.36. The van der Waals surface area contributed by atoms with E-state index in [0.29, 0.717) is 36.5 Å².